The van der Waals surface area contributed by atoms with Crippen LogP contribution in [0.1, 0.15) is 33.6 Å². The Morgan fingerprint density at radius 3 is 2.45 bits per heavy atom. The van der Waals surface area contributed by atoms with Crippen LogP contribution in [0.5, 0.6) is 0 Å². The average molecular weight is 321 g/mol. The Labute approximate surface area is 129 Å². The lowest BCUT2D eigenvalue weighted by atomic mass is 9.92. The molecule has 0 bridgehead atoms. The second-order valence-electron chi connectivity index (χ2n) is 5.64. The summed E-state index contributed by atoms with van der Waals surface area (Å²) in [5, 5.41) is 0. The molecule has 1 aliphatic heterocycles. The first-order chi connectivity index (χ1) is 10.1. The van der Waals surface area contributed by atoms with Crippen LogP contribution in [-0.2, 0) is 4.74 Å². The third kappa shape index (κ3) is 5.93. The maximum atomic E-state index is 13.2. The molecule has 2 atom stereocenters. The number of piperidine rings is 1. The van der Waals surface area contributed by atoms with Gasteiger partial charge in [0.15, 0.2) is 0 Å². The van der Waals surface area contributed by atoms with Crippen molar-refractivity contribution in [1.82, 2.24) is 4.90 Å². The number of hydrogen-bond acceptors (Lipinski definition) is 2. The lowest BCUT2D eigenvalue weighted by molar-refractivity contribution is -0.346. The molecule has 0 radical (unpaired) electrons. The van der Waals surface area contributed by atoms with Gasteiger partial charge in [0, 0.05) is 18.6 Å². The van der Waals surface area contributed by atoms with Crippen LogP contribution in [0.2, 0.25) is 0 Å². The van der Waals surface area contributed by atoms with Crippen molar-refractivity contribution in [3.63, 3.8) is 0 Å². The predicted molar refractivity (Wildman–Crippen MR) is 78.9 cm³/mol. The molecular formula is C16H23F4NO. The molecule has 22 heavy (non-hydrogen) atoms. The minimum atomic E-state index is -4.64. The van der Waals surface area contributed by atoms with Crippen molar-refractivity contribution in [3.05, 3.63) is 36.2 Å². The normalized spacial score (nSPS) is 25.2. The summed E-state index contributed by atoms with van der Waals surface area (Å²) in [7, 11) is 0. The van der Waals surface area contributed by atoms with Crippen molar-refractivity contribution >= 4 is 0 Å². The molecule has 0 aromatic heterocycles. The largest absolute Gasteiger partial charge is 0.522 e. The Morgan fingerprint density at radius 2 is 1.95 bits per heavy atom. The van der Waals surface area contributed by atoms with Crippen LogP contribution in [0.4, 0.5) is 17.6 Å². The molecular weight excluding hydrogens is 298 g/mol. The highest BCUT2D eigenvalue weighted by Gasteiger charge is 2.38. The van der Waals surface area contributed by atoms with Crippen molar-refractivity contribution in [1.29, 1.82) is 0 Å². The van der Waals surface area contributed by atoms with E-state index in [9.17, 15) is 17.6 Å². The van der Waals surface area contributed by atoms with E-state index in [1.165, 1.54) is 18.2 Å². The van der Waals surface area contributed by atoms with Gasteiger partial charge >= 0.3 is 6.36 Å². The fourth-order valence-electron chi connectivity index (χ4n) is 2.62. The minimum Gasteiger partial charge on any atom is -0.294 e. The zero-order valence-electron chi connectivity index (χ0n) is 13.2. The van der Waals surface area contributed by atoms with E-state index in [2.05, 4.69) is 16.2 Å². The molecule has 126 valence electrons. The van der Waals surface area contributed by atoms with E-state index in [1.54, 1.807) is 6.92 Å². The smallest absolute Gasteiger partial charge is 0.294 e. The first-order valence-electron chi connectivity index (χ1n) is 7.33. The standard InChI is InChI=1S/C16H23F4NO/c1-5-13(17)7-6-12(4)15-10-14(22-16(18,19)20)8-9-21(15)11(2)3/h5-7,11,14-15H,4,8-10H2,1-3H3/b7-6-,13-5+/t14-,15+/m0/s1. The van der Waals surface area contributed by atoms with Crippen LogP contribution in [0.15, 0.2) is 36.2 Å². The molecule has 0 aromatic rings. The second-order valence-corrected chi connectivity index (χ2v) is 5.64. The highest BCUT2D eigenvalue weighted by atomic mass is 19.4. The third-order valence-electron chi connectivity index (χ3n) is 3.72. The molecule has 1 fully saturated rings. The lowest BCUT2D eigenvalue weighted by Gasteiger charge is -2.42. The van der Waals surface area contributed by atoms with Crippen LogP contribution >= 0.6 is 0 Å². The highest BCUT2D eigenvalue weighted by Crippen LogP contribution is 2.31. The minimum absolute atomic E-state index is 0.161. The van der Waals surface area contributed by atoms with Crippen LogP contribution in [-0.4, -0.2) is 36.0 Å². The zero-order chi connectivity index (χ0) is 16.9. The van der Waals surface area contributed by atoms with E-state index < -0.39 is 18.3 Å². The highest BCUT2D eigenvalue weighted by molar-refractivity contribution is 5.27. The fraction of sp³-hybridized carbons (Fsp3) is 0.625. The summed E-state index contributed by atoms with van der Waals surface area (Å²) in [6, 6.07) is -0.129. The van der Waals surface area contributed by atoms with E-state index >= 15 is 0 Å². The third-order valence-corrected chi connectivity index (χ3v) is 3.72. The van der Waals surface area contributed by atoms with Gasteiger partial charge in [-0.2, -0.15) is 0 Å². The maximum absolute atomic E-state index is 13.2. The average Bonchev–Trinajstić information content (AvgIpc) is 2.42. The Kier molecular flexibility index (Phi) is 6.81. The summed E-state index contributed by atoms with van der Waals surface area (Å²) in [5.74, 6) is -0.406. The van der Waals surface area contributed by atoms with Crippen LogP contribution in [0.25, 0.3) is 0 Å². The van der Waals surface area contributed by atoms with Gasteiger partial charge in [0.2, 0.25) is 0 Å². The summed E-state index contributed by atoms with van der Waals surface area (Å²) in [6.07, 6.45) is -0.923. The van der Waals surface area contributed by atoms with Crippen LogP contribution in [0.3, 0.4) is 0 Å². The van der Waals surface area contributed by atoms with Crippen molar-refractivity contribution in [2.24, 2.45) is 0 Å². The summed E-state index contributed by atoms with van der Waals surface area (Å²) in [4.78, 5) is 2.07. The maximum Gasteiger partial charge on any atom is 0.522 e. The van der Waals surface area contributed by atoms with Gasteiger partial charge in [0.25, 0.3) is 0 Å². The summed E-state index contributed by atoms with van der Waals surface area (Å²) in [6.45, 7) is 9.89. The van der Waals surface area contributed by atoms with E-state index in [4.69, 9.17) is 0 Å². The number of likely N-dealkylation sites (tertiary alicyclic amines) is 1. The van der Waals surface area contributed by atoms with Crippen molar-refractivity contribution in [2.45, 2.75) is 58.2 Å². The predicted octanol–water partition coefficient (Wildman–Crippen LogP) is 4.75. The number of hydrogen-bond donors (Lipinski definition) is 0. The summed E-state index contributed by atoms with van der Waals surface area (Å²) >= 11 is 0. The first kappa shape index (κ1) is 18.9. The van der Waals surface area contributed by atoms with Gasteiger partial charge in [-0.05, 0) is 45.3 Å². The Hall–Kier alpha value is -1.14. The summed E-state index contributed by atoms with van der Waals surface area (Å²) in [5.41, 5.74) is 0.584. The quantitative estimate of drug-likeness (QED) is 0.535. The number of rotatable bonds is 5. The van der Waals surface area contributed by atoms with Gasteiger partial charge in [-0.3, -0.25) is 9.64 Å². The lowest BCUT2D eigenvalue weighted by Crippen LogP contribution is -2.49. The Bertz CT molecular complexity index is 440. The SMILES string of the molecule is C=C(/C=C\C(F)=C/C)[C@H]1C[C@@H](OC(F)(F)F)CCN1C(C)C. The van der Waals surface area contributed by atoms with E-state index in [-0.39, 0.29) is 18.5 Å². The number of alkyl halides is 3. The topological polar surface area (TPSA) is 12.5 Å². The number of allylic oxidation sites excluding steroid dienone is 3. The molecule has 1 aliphatic rings. The van der Waals surface area contributed by atoms with Crippen LogP contribution in [0, 0.1) is 0 Å². The van der Waals surface area contributed by atoms with Crippen molar-refractivity contribution < 1.29 is 22.3 Å². The molecule has 0 amide bonds. The molecule has 0 spiro atoms. The zero-order valence-corrected chi connectivity index (χ0v) is 13.2. The van der Waals surface area contributed by atoms with E-state index in [0.29, 0.717) is 18.5 Å². The first-order valence-corrected chi connectivity index (χ1v) is 7.33. The van der Waals surface area contributed by atoms with Gasteiger partial charge in [0.05, 0.1) is 6.10 Å². The molecule has 1 rings (SSSR count). The van der Waals surface area contributed by atoms with Gasteiger partial charge in [-0.1, -0.05) is 18.7 Å². The fourth-order valence-corrected chi connectivity index (χ4v) is 2.62. The van der Waals surface area contributed by atoms with Crippen LogP contribution < -0.4 is 0 Å². The van der Waals surface area contributed by atoms with Gasteiger partial charge in [0.1, 0.15) is 5.83 Å². The van der Waals surface area contributed by atoms with E-state index in [0.717, 1.165) is 0 Å². The molecule has 0 aromatic carbocycles. The molecule has 6 heteroatoms. The van der Waals surface area contributed by atoms with Crippen molar-refractivity contribution in [3.8, 4) is 0 Å². The molecule has 0 N–H and O–H groups in total. The summed E-state index contributed by atoms with van der Waals surface area (Å²) < 4.78 is 54.5. The Balaban J connectivity index is 2.83. The number of nitrogens with zero attached hydrogens (tertiary/aromatic N) is 1. The van der Waals surface area contributed by atoms with Gasteiger partial charge < -0.3 is 0 Å². The number of ether oxygens (including phenoxy) is 1. The second kappa shape index (κ2) is 7.92. The van der Waals surface area contributed by atoms with E-state index in [1.807, 2.05) is 13.8 Å². The molecule has 0 aliphatic carbocycles. The molecule has 1 saturated heterocycles. The molecule has 0 unspecified atom stereocenters. The molecule has 1 heterocycles. The molecule has 2 nitrogen and oxygen atoms in total. The number of halogens is 4. The van der Waals surface area contributed by atoms with Gasteiger partial charge in [-0.15, -0.1) is 13.2 Å². The van der Waals surface area contributed by atoms with Crippen molar-refractivity contribution in [2.75, 3.05) is 6.54 Å². The molecule has 0 saturated carbocycles. The monoisotopic (exact) mass is 321 g/mol. The van der Waals surface area contributed by atoms with Gasteiger partial charge in [-0.25, -0.2) is 4.39 Å². The Morgan fingerprint density at radius 1 is 1.32 bits per heavy atom.